The van der Waals surface area contributed by atoms with Crippen LogP contribution < -0.4 is 10.6 Å². The Morgan fingerprint density at radius 2 is 1.92 bits per heavy atom. The average molecular weight is 392 g/mol. The van der Waals surface area contributed by atoms with E-state index in [0.717, 1.165) is 63.4 Å². The Balaban J connectivity index is 0.00000196. The van der Waals surface area contributed by atoms with Gasteiger partial charge in [0, 0.05) is 37.6 Å². The summed E-state index contributed by atoms with van der Waals surface area (Å²) in [4.78, 5) is 17.1. The smallest absolute Gasteiger partial charge is 0.261 e. The fourth-order valence-electron chi connectivity index (χ4n) is 3.71. The fourth-order valence-corrected chi connectivity index (χ4v) is 4.90. The van der Waals surface area contributed by atoms with Crippen LogP contribution in [0.15, 0.2) is 30.3 Å². The first kappa shape index (κ1) is 19.4. The standard InChI is InChI=1S/C20H25N3OS.ClH/c24-20(22-8-3-11-23-12-9-21-10-13-23)18-14-16-7-6-15-4-1-2-5-17(15)19(16)25-18;/h1-2,4-5,14,21H,3,6-13H2,(H,22,24);1H. The summed E-state index contributed by atoms with van der Waals surface area (Å²) in [6, 6.07) is 10.7. The lowest BCUT2D eigenvalue weighted by Gasteiger charge is -2.27. The van der Waals surface area contributed by atoms with E-state index in [1.807, 2.05) is 0 Å². The van der Waals surface area contributed by atoms with Crippen molar-refractivity contribution in [3.63, 3.8) is 0 Å². The second-order valence-corrected chi connectivity index (χ2v) is 7.88. The number of carbonyl (C=O) groups excluding carboxylic acids is 1. The zero-order valence-corrected chi connectivity index (χ0v) is 16.6. The maximum atomic E-state index is 12.5. The first-order valence-electron chi connectivity index (χ1n) is 9.23. The minimum absolute atomic E-state index is 0. The molecule has 2 heterocycles. The Labute approximate surface area is 165 Å². The molecule has 1 amide bonds. The molecule has 0 saturated carbocycles. The molecule has 1 aliphatic carbocycles. The molecule has 1 aromatic carbocycles. The van der Waals surface area contributed by atoms with E-state index >= 15 is 0 Å². The molecule has 6 heteroatoms. The molecule has 4 nitrogen and oxygen atoms in total. The van der Waals surface area contributed by atoms with E-state index in [1.54, 1.807) is 11.3 Å². The highest BCUT2D eigenvalue weighted by Crippen LogP contribution is 2.39. The third-order valence-electron chi connectivity index (χ3n) is 5.10. The van der Waals surface area contributed by atoms with Crippen LogP contribution in [0.2, 0.25) is 0 Å². The van der Waals surface area contributed by atoms with E-state index in [4.69, 9.17) is 0 Å². The van der Waals surface area contributed by atoms with Crippen LogP contribution in [-0.2, 0) is 12.8 Å². The van der Waals surface area contributed by atoms with Gasteiger partial charge in [0.05, 0.1) is 4.88 Å². The number of piperazine rings is 1. The third kappa shape index (κ3) is 4.29. The number of thiophene rings is 1. The lowest BCUT2D eigenvalue weighted by molar-refractivity contribution is 0.0955. The van der Waals surface area contributed by atoms with Gasteiger partial charge in [-0.05, 0) is 48.6 Å². The van der Waals surface area contributed by atoms with Gasteiger partial charge in [0.2, 0.25) is 0 Å². The lowest BCUT2D eigenvalue weighted by atomic mass is 9.91. The molecule has 1 saturated heterocycles. The van der Waals surface area contributed by atoms with Crippen molar-refractivity contribution in [2.75, 3.05) is 39.3 Å². The van der Waals surface area contributed by atoms with E-state index in [-0.39, 0.29) is 18.3 Å². The molecule has 1 aromatic heterocycles. The zero-order chi connectivity index (χ0) is 17.1. The highest BCUT2D eigenvalue weighted by atomic mass is 35.5. The number of fused-ring (bicyclic) bond motifs is 3. The summed E-state index contributed by atoms with van der Waals surface area (Å²) in [7, 11) is 0. The topological polar surface area (TPSA) is 44.4 Å². The van der Waals surface area contributed by atoms with Crippen molar-refractivity contribution in [1.82, 2.24) is 15.5 Å². The van der Waals surface area contributed by atoms with E-state index in [9.17, 15) is 4.79 Å². The van der Waals surface area contributed by atoms with E-state index in [2.05, 4.69) is 45.9 Å². The van der Waals surface area contributed by atoms with Crippen molar-refractivity contribution < 1.29 is 4.79 Å². The van der Waals surface area contributed by atoms with Crippen LogP contribution in [0.25, 0.3) is 10.4 Å². The van der Waals surface area contributed by atoms with Crippen LogP contribution in [-0.4, -0.2) is 50.1 Å². The quantitative estimate of drug-likeness (QED) is 0.770. The predicted molar refractivity (Wildman–Crippen MR) is 111 cm³/mol. The van der Waals surface area contributed by atoms with Crippen molar-refractivity contribution in [3.05, 3.63) is 46.3 Å². The largest absolute Gasteiger partial charge is 0.351 e. The molecule has 2 aliphatic rings. The molecule has 0 spiro atoms. The Morgan fingerprint density at radius 1 is 1.15 bits per heavy atom. The summed E-state index contributed by atoms with van der Waals surface area (Å²) in [5, 5.41) is 6.47. The highest BCUT2D eigenvalue weighted by molar-refractivity contribution is 7.17. The second kappa shape index (κ2) is 9.00. The van der Waals surface area contributed by atoms with Crippen molar-refractivity contribution in [2.45, 2.75) is 19.3 Å². The molecular formula is C20H26ClN3OS. The number of nitrogens with one attached hydrogen (secondary N) is 2. The number of halogens is 1. The zero-order valence-electron chi connectivity index (χ0n) is 14.9. The molecule has 26 heavy (non-hydrogen) atoms. The van der Waals surface area contributed by atoms with Crippen LogP contribution in [0.1, 0.15) is 27.2 Å². The van der Waals surface area contributed by atoms with Gasteiger partial charge in [-0.15, -0.1) is 23.7 Å². The molecule has 4 rings (SSSR count). The number of rotatable bonds is 5. The lowest BCUT2D eigenvalue weighted by Crippen LogP contribution is -2.44. The van der Waals surface area contributed by atoms with Gasteiger partial charge >= 0.3 is 0 Å². The summed E-state index contributed by atoms with van der Waals surface area (Å²) < 4.78 is 0. The van der Waals surface area contributed by atoms with Crippen molar-refractivity contribution >= 4 is 29.7 Å². The highest BCUT2D eigenvalue weighted by Gasteiger charge is 2.21. The average Bonchev–Trinajstić information content (AvgIpc) is 3.11. The predicted octanol–water partition coefficient (Wildman–Crippen LogP) is 2.96. The third-order valence-corrected chi connectivity index (χ3v) is 6.31. The van der Waals surface area contributed by atoms with Gasteiger partial charge in [-0.2, -0.15) is 0 Å². The van der Waals surface area contributed by atoms with Gasteiger partial charge in [0.1, 0.15) is 0 Å². The molecule has 0 bridgehead atoms. The summed E-state index contributed by atoms with van der Waals surface area (Å²) >= 11 is 1.64. The van der Waals surface area contributed by atoms with Gasteiger partial charge in [0.15, 0.2) is 0 Å². The molecule has 2 aromatic rings. The summed E-state index contributed by atoms with van der Waals surface area (Å²) in [5.74, 6) is 0.0807. The molecule has 1 aliphatic heterocycles. The van der Waals surface area contributed by atoms with Crippen LogP contribution in [0.5, 0.6) is 0 Å². The van der Waals surface area contributed by atoms with E-state index in [1.165, 1.54) is 21.6 Å². The number of hydrogen-bond donors (Lipinski definition) is 2. The number of amides is 1. The normalized spacial score (nSPS) is 16.3. The van der Waals surface area contributed by atoms with Crippen molar-refractivity contribution in [1.29, 1.82) is 0 Å². The van der Waals surface area contributed by atoms with Gasteiger partial charge < -0.3 is 15.5 Å². The summed E-state index contributed by atoms with van der Waals surface area (Å²) in [6.45, 7) is 6.21. The second-order valence-electron chi connectivity index (χ2n) is 6.82. The monoisotopic (exact) mass is 391 g/mol. The first-order chi connectivity index (χ1) is 12.3. The van der Waals surface area contributed by atoms with Crippen LogP contribution in [0.3, 0.4) is 0 Å². The van der Waals surface area contributed by atoms with E-state index in [0.29, 0.717) is 0 Å². The minimum atomic E-state index is 0. The minimum Gasteiger partial charge on any atom is -0.351 e. The summed E-state index contributed by atoms with van der Waals surface area (Å²) in [6.07, 6.45) is 3.13. The first-order valence-corrected chi connectivity index (χ1v) is 10.1. The molecule has 1 fully saturated rings. The molecule has 2 N–H and O–H groups in total. The van der Waals surface area contributed by atoms with Crippen molar-refractivity contribution in [2.24, 2.45) is 0 Å². The number of aryl methyl sites for hydroxylation is 2. The Bertz CT molecular complexity index is 755. The molecule has 0 atom stereocenters. The van der Waals surface area contributed by atoms with E-state index < -0.39 is 0 Å². The molecular weight excluding hydrogens is 366 g/mol. The number of benzene rings is 1. The molecule has 0 unspecified atom stereocenters. The number of nitrogens with zero attached hydrogens (tertiary/aromatic N) is 1. The maximum Gasteiger partial charge on any atom is 0.261 e. The van der Waals surface area contributed by atoms with Gasteiger partial charge in [0.25, 0.3) is 5.91 Å². The van der Waals surface area contributed by atoms with Crippen molar-refractivity contribution in [3.8, 4) is 10.4 Å². The Morgan fingerprint density at radius 3 is 2.77 bits per heavy atom. The molecule has 140 valence electrons. The Kier molecular flexibility index (Phi) is 6.70. The fraction of sp³-hybridized carbons (Fsp3) is 0.450. The van der Waals surface area contributed by atoms with Crippen LogP contribution in [0, 0.1) is 0 Å². The number of carbonyl (C=O) groups is 1. The SMILES string of the molecule is Cl.O=C(NCCCN1CCNCC1)c1cc2c(s1)-c1ccccc1CC2. The van der Waals surface area contributed by atoms with Gasteiger partial charge in [-0.1, -0.05) is 24.3 Å². The van der Waals surface area contributed by atoms with Crippen LogP contribution in [0.4, 0.5) is 0 Å². The van der Waals surface area contributed by atoms with Gasteiger partial charge in [-0.3, -0.25) is 4.79 Å². The maximum absolute atomic E-state index is 12.5. The Hall–Kier alpha value is -1.40. The molecule has 0 radical (unpaired) electrons. The van der Waals surface area contributed by atoms with Crippen LogP contribution >= 0.6 is 23.7 Å². The number of hydrogen-bond acceptors (Lipinski definition) is 4. The summed E-state index contributed by atoms with van der Waals surface area (Å²) in [5.41, 5.74) is 4.04. The van der Waals surface area contributed by atoms with Gasteiger partial charge in [-0.25, -0.2) is 0 Å².